The van der Waals surface area contributed by atoms with E-state index < -0.39 is 6.10 Å². The third-order valence-electron chi connectivity index (χ3n) is 6.14. The van der Waals surface area contributed by atoms with Gasteiger partial charge in [0.25, 0.3) is 5.91 Å². The van der Waals surface area contributed by atoms with Crippen molar-refractivity contribution in [1.29, 1.82) is 0 Å². The van der Waals surface area contributed by atoms with Gasteiger partial charge in [-0.15, -0.1) is 0 Å². The van der Waals surface area contributed by atoms with Crippen molar-refractivity contribution in [1.82, 2.24) is 10.2 Å². The SMILES string of the molecule is O=C(NC1CN(C(=O)C2CCN(c3ccccc3)C2)C1)C1Cc2ccccc2O1. The summed E-state index contributed by atoms with van der Waals surface area (Å²) in [5.74, 6) is 0.953. The van der Waals surface area contributed by atoms with Crippen molar-refractivity contribution in [3.05, 3.63) is 60.2 Å². The Balaban J connectivity index is 1.08. The van der Waals surface area contributed by atoms with Gasteiger partial charge in [0, 0.05) is 38.3 Å². The smallest absolute Gasteiger partial charge is 0.261 e. The molecule has 2 aromatic carbocycles. The fourth-order valence-corrected chi connectivity index (χ4v) is 4.47. The van der Waals surface area contributed by atoms with E-state index in [0.29, 0.717) is 19.5 Å². The van der Waals surface area contributed by atoms with E-state index in [-0.39, 0.29) is 23.8 Å². The molecule has 6 heteroatoms. The van der Waals surface area contributed by atoms with Gasteiger partial charge < -0.3 is 19.9 Å². The summed E-state index contributed by atoms with van der Waals surface area (Å²) >= 11 is 0. The number of para-hydroxylation sites is 2. The Hall–Kier alpha value is -3.02. The van der Waals surface area contributed by atoms with E-state index in [1.807, 2.05) is 47.4 Å². The average Bonchev–Trinajstić information content (AvgIpc) is 3.37. The third kappa shape index (κ3) is 3.55. The molecule has 0 saturated carbocycles. The van der Waals surface area contributed by atoms with Crippen molar-refractivity contribution in [2.45, 2.75) is 25.0 Å². The van der Waals surface area contributed by atoms with Gasteiger partial charge in [-0.05, 0) is 30.2 Å². The van der Waals surface area contributed by atoms with Crippen LogP contribution in [0.25, 0.3) is 0 Å². The molecule has 2 amide bonds. The summed E-state index contributed by atoms with van der Waals surface area (Å²) in [6.07, 6.45) is 1.02. The number of nitrogens with one attached hydrogen (secondary N) is 1. The number of benzene rings is 2. The van der Waals surface area contributed by atoms with Gasteiger partial charge in [-0.3, -0.25) is 9.59 Å². The van der Waals surface area contributed by atoms with Crippen LogP contribution in [0.15, 0.2) is 54.6 Å². The van der Waals surface area contributed by atoms with Crippen LogP contribution >= 0.6 is 0 Å². The van der Waals surface area contributed by atoms with Gasteiger partial charge in [0.2, 0.25) is 5.91 Å². The van der Waals surface area contributed by atoms with E-state index in [2.05, 4.69) is 22.3 Å². The quantitative estimate of drug-likeness (QED) is 0.864. The maximum absolute atomic E-state index is 12.8. The zero-order valence-corrected chi connectivity index (χ0v) is 16.3. The zero-order chi connectivity index (χ0) is 19.8. The minimum absolute atomic E-state index is 0.0189. The summed E-state index contributed by atoms with van der Waals surface area (Å²) in [5.41, 5.74) is 2.25. The topological polar surface area (TPSA) is 61.9 Å². The second kappa shape index (κ2) is 7.43. The van der Waals surface area contributed by atoms with Gasteiger partial charge in [0.15, 0.2) is 6.10 Å². The first kappa shape index (κ1) is 18.0. The third-order valence-corrected chi connectivity index (χ3v) is 6.14. The summed E-state index contributed by atoms with van der Waals surface area (Å²) in [7, 11) is 0. The lowest BCUT2D eigenvalue weighted by Crippen LogP contribution is -2.63. The molecule has 150 valence electrons. The number of hydrogen-bond acceptors (Lipinski definition) is 4. The molecule has 29 heavy (non-hydrogen) atoms. The monoisotopic (exact) mass is 391 g/mol. The molecule has 6 nitrogen and oxygen atoms in total. The Kier molecular flexibility index (Phi) is 4.62. The predicted molar refractivity (Wildman–Crippen MR) is 110 cm³/mol. The predicted octanol–water partition coefficient (Wildman–Crippen LogP) is 1.84. The molecule has 2 aromatic rings. The van der Waals surface area contributed by atoms with Gasteiger partial charge in [0.05, 0.1) is 12.0 Å². The molecule has 0 spiro atoms. The van der Waals surface area contributed by atoms with Gasteiger partial charge in [-0.25, -0.2) is 0 Å². The summed E-state index contributed by atoms with van der Waals surface area (Å²) in [6.45, 7) is 2.86. The van der Waals surface area contributed by atoms with Crippen LogP contribution in [0, 0.1) is 5.92 Å². The molecule has 3 aliphatic rings. The number of ether oxygens (including phenoxy) is 1. The first-order valence-electron chi connectivity index (χ1n) is 10.3. The second-order valence-corrected chi connectivity index (χ2v) is 8.13. The average molecular weight is 391 g/mol. The molecule has 2 atom stereocenters. The van der Waals surface area contributed by atoms with Crippen LogP contribution in [0.2, 0.25) is 0 Å². The summed E-state index contributed by atoms with van der Waals surface area (Å²) in [6, 6.07) is 18.0. The van der Waals surface area contributed by atoms with Crippen molar-refractivity contribution in [3.63, 3.8) is 0 Å². The van der Waals surface area contributed by atoms with Crippen LogP contribution in [0.4, 0.5) is 5.69 Å². The highest BCUT2D eigenvalue weighted by atomic mass is 16.5. The van der Waals surface area contributed by atoms with Gasteiger partial charge in [-0.2, -0.15) is 0 Å². The summed E-state index contributed by atoms with van der Waals surface area (Å²) in [5, 5.41) is 3.03. The van der Waals surface area contributed by atoms with Crippen LogP contribution in [0.1, 0.15) is 12.0 Å². The minimum atomic E-state index is -0.466. The van der Waals surface area contributed by atoms with E-state index in [9.17, 15) is 9.59 Å². The lowest BCUT2D eigenvalue weighted by molar-refractivity contribution is -0.142. The molecule has 3 heterocycles. The van der Waals surface area contributed by atoms with Crippen LogP contribution in [-0.2, 0) is 16.0 Å². The van der Waals surface area contributed by atoms with Crippen molar-refractivity contribution in [2.24, 2.45) is 5.92 Å². The van der Waals surface area contributed by atoms with Gasteiger partial charge >= 0.3 is 0 Å². The van der Waals surface area contributed by atoms with Gasteiger partial charge in [-0.1, -0.05) is 36.4 Å². The maximum atomic E-state index is 12.8. The van der Waals surface area contributed by atoms with Crippen LogP contribution in [-0.4, -0.2) is 55.0 Å². The number of anilines is 1. The van der Waals surface area contributed by atoms with E-state index in [1.165, 1.54) is 5.69 Å². The molecule has 5 rings (SSSR count). The Bertz CT molecular complexity index is 886. The normalized spacial score (nSPS) is 23.3. The van der Waals surface area contributed by atoms with Crippen molar-refractivity contribution < 1.29 is 14.3 Å². The van der Waals surface area contributed by atoms with E-state index in [4.69, 9.17) is 4.74 Å². The molecule has 0 aliphatic carbocycles. The number of carbonyl (C=O) groups excluding carboxylic acids is 2. The largest absolute Gasteiger partial charge is 0.480 e. The number of amides is 2. The highest BCUT2D eigenvalue weighted by Gasteiger charge is 2.39. The van der Waals surface area contributed by atoms with Crippen molar-refractivity contribution in [2.75, 3.05) is 31.1 Å². The number of nitrogens with zero attached hydrogens (tertiary/aromatic N) is 2. The van der Waals surface area contributed by atoms with E-state index >= 15 is 0 Å². The molecule has 3 aliphatic heterocycles. The molecule has 0 radical (unpaired) electrons. The minimum Gasteiger partial charge on any atom is -0.480 e. The second-order valence-electron chi connectivity index (χ2n) is 8.13. The van der Waals surface area contributed by atoms with E-state index in [0.717, 1.165) is 30.8 Å². The van der Waals surface area contributed by atoms with E-state index in [1.54, 1.807) is 0 Å². The highest BCUT2D eigenvalue weighted by molar-refractivity contribution is 5.84. The highest BCUT2D eigenvalue weighted by Crippen LogP contribution is 2.29. The Morgan fingerprint density at radius 1 is 0.966 bits per heavy atom. The van der Waals surface area contributed by atoms with Crippen LogP contribution in [0.5, 0.6) is 5.75 Å². The molecular formula is C23H25N3O3. The molecule has 2 saturated heterocycles. The molecule has 0 bridgehead atoms. The lowest BCUT2D eigenvalue weighted by atomic mass is 10.0. The fourth-order valence-electron chi connectivity index (χ4n) is 4.47. The Morgan fingerprint density at radius 3 is 2.52 bits per heavy atom. The fraction of sp³-hybridized carbons (Fsp3) is 0.391. The maximum Gasteiger partial charge on any atom is 0.261 e. The van der Waals surface area contributed by atoms with Crippen LogP contribution < -0.4 is 15.0 Å². The number of carbonyl (C=O) groups is 2. The van der Waals surface area contributed by atoms with Crippen LogP contribution in [0.3, 0.4) is 0 Å². The number of fused-ring (bicyclic) bond motifs is 1. The lowest BCUT2D eigenvalue weighted by Gasteiger charge is -2.41. The summed E-state index contributed by atoms with van der Waals surface area (Å²) < 4.78 is 5.75. The summed E-state index contributed by atoms with van der Waals surface area (Å²) in [4.78, 5) is 29.5. The first-order chi connectivity index (χ1) is 14.2. The first-order valence-corrected chi connectivity index (χ1v) is 10.3. The molecule has 0 aromatic heterocycles. The van der Waals surface area contributed by atoms with Gasteiger partial charge in [0.1, 0.15) is 5.75 Å². The number of likely N-dealkylation sites (tertiary alicyclic amines) is 1. The molecule has 2 unspecified atom stereocenters. The number of rotatable bonds is 4. The Labute approximate surface area is 170 Å². The standard InChI is InChI=1S/C23H25N3O3/c27-22(21-12-16-6-4-5-9-20(16)29-21)24-18-14-26(15-18)23(28)17-10-11-25(13-17)19-7-2-1-3-8-19/h1-9,17-18,21H,10-15H2,(H,24,27). The molecule has 2 fully saturated rings. The molecule has 1 N–H and O–H groups in total. The zero-order valence-electron chi connectivity index (χ0n) is 16.3. The Morgan fingerprint density at radius 2 is 1.72 bits per heavy atom. The van der Waals surface area contributed by atoms with Crippen molar-refractivity contribution >= 4 is 17.5 Å². The molecular weight excluding hydrogens is 366 g/mol. The van der Waals surface area contributed by atoms with Crippen molar-refractivity contribution in [3.8, 4) is 5.75 Å². The number of hydrogen-bond donors (Lipinski definition) is 1.